The second-order valence-corrected chi connectivity index (χ2v) is 5.24. The van der Waals surface area contributed by atoms with Crippen LogP contribution in [-0.2, 0) is 0 Å². The van der Waals surface area contributed by atoms with E-state index >= 15 is 0 Å². The molecule has 1 fully saturated rings. The molecular formula is C14H26O2. The lowest BCUT2D eigenvalue weighted by atomic mass is 9.76. The van der Waals surface area contributed by atoms with Crippen molar-refractivity contribution in [2.75, 3.05) is 0 Å². The van der Waals surface area contributed by atoms with Crippen LogP contribution in [0.2, 0.25) is 0 Å². The summed E-state index contributed by atoms with van der Waals surface area (Å²) in [4.78, 5) is 0. The number of aliphatic hydroxyl groups is 2. The predicted octanol–water partition coefficient (Wildman–Crippen LogP) is 2.89. The molecule has 0 saturated heterocycles. The molecule has 1 unspecified atom stereocenters. The summed E-state index contributed by atoms with van der Waals surface area (Å²) in [5.41, 5.74) is 0.910. The van der Waals surface area contributed by atoms with Crippen LogP contribution in [0, 0.1) is 11.8 Å². The van der Waals surface area contributed by atoms with Gasteiger partial charge in [-0.25, -0.2) is 0 Å². The fourth-order valence-corrected chi connectivity index (χ4v) is 2.87. The van der Waals surface area contributed by atoms with Gasteiger partial charge in [0.2, 0.25) is 0 Å². The van der Waals surface area contributed by atoms with Crippen LogP contribution in [-0.4, -0.2) is 22.4 Å². The molecular weight excluding hydrogens is 200 g/mol. The summed E-state index contributed by atoms with van der Waals surface area (Å²) >= 11 is 0. The van der Waals surface area contributed by atoms with Crippen molar-refractivity contribution in [1.29, 1.82) is 0 Å². The van der Waals surface area contributed by atoms with Gasteiger partial charge in [0.1, 0.15) is 0 Å². The Kier molecular flexibility index (Phi) is 5.50. The molecule has 3 atom stereocenters. The standard InChI is InChI=1S/C14H26O2/c1-4-12(15)13(10(2)3)14(16)11-8-6-5-7-9-11/h11-16H,2,4-9H2,1,3H3/t12?,13-,14-/m1/s1. The fourth-order valence-electron chi connectivity index (χ4n) is 2.87. The largest absolute Gasteiger partial charge is 0.392 e. The van der Waals surface area contributed by atoms with E-state index in [1.165, 1.54) is 19.3 Å². The van der Waals surface area contributed by atoms with Crippen LogP contribution in [0.15, 0.2) is 12.2 Å². The van der Waals surface area contributed by atoms with Crippen LogP contribution < -0.4 is 0 Å². The third-order valence-electron chi connectivity index (χ3n) is 3.90. The molecule has 1 aliphatic rings. The SMILES string of the molecule is C=C(C)[C@H](C(O)CC)[C@H](O)C1CCCCC1. The molecule has 0 heterocycles. The Balaban J connectivity index is 2.65. The smallest absolute Gasteiger partial charge is 0.0658 e. The molecule has 1 rings (SSSR count). The van der Waals surface area contributed by atoms with E-state index in [-0.39, 0.29) is 5.92 Å². The Bertz CT molecular complexity index is 219. The zero-order chi connectivity index (χ0) is 12.1. The number of rotatable bonds is 5. The highest BCUT2D eigenvalue weighted by Gasteiger charge is 2.32. The zero-order valence-corrected chi connectivity index (χ0v) is 10.7. The van der Waals surface area contributed by atoms with Crippen LogP contribution in [0.5, 0.6) is 0 Å². The molecule has 0 radical (unpaired) electrons. The molecule has 0 aromatic heterocycles. The van der Waals surface area contributed by atoms with E-state index in [0.29, 0.717) is 12.3 Å². The Hall–Kier alpha value is -0.340. The van der Waals surface area contributed by atoms with E-state index < -0.39 is 12.2 Å². The third kappa shape index (κ3) is 3.33. The van der Waals surface area contributed by atoms with Crippen LogP contribution in [0.25, 0.3) is 0 Å². The van der Waals surface area contributed by atoms with Gasteiger partial charge in [-0.05, 0) is 32.1 Å². The van der Waals surface area contributed by atoms with Crippen molar-refractivity contribution in [2.45, 2.75) is 64.6 Å². The van der Waals surface area contributed by atoms with E-state index in [2.05, 4.69) is 6.58 Å². The van der Waals surface area contributed by atoms with Crippen molar-refractivity contribution in [1.82, 2.24) is 0 Å². The van der Waals surface area contributed by atoms with E-state index in [9.17, 15) is 10.2 Å². The quantitative estimate of drug-likeness (QED) is 0.708. The van der Waals surface area contributed by atoms with Gasteiger partial charge in [0.05, 0.1) is 12.2 Å². The highest BCUT2D eigenvalue weighted by molar-refractivity contribution is 5.04. The number of aliphatic hydroxyl groups excluding tert-OH is 2. The van der Waals surface area contributed by atoms with Gasteiger partial charge in [0.25, 0.3) is 0 Å². The van der Waals surface area contributed by atoms with Crippen LogP contribution in [0.4, 0.5) is 0 Å². The summed E-state index contributed by atoms with van der Waals surface area (Å²) in [7, 11) is 0. The molecule has 0 aromatic rings. The minimum atomic E-state index is -0.450. The van der Waals surface area contributed by atoms with E-state index in [1.807, 2.05) is 13.8 Å². The molecule has 0 aliphatic heterocycles. The monoisotopic (exact) mass is 226 g/mol. The van der Waals surface area contributed by atoms with Gasteiger partial charge in [0.15, 0.2) is 0 Å². The second kappa shape index (κ2) is 6.41. The first-order chi connectivity index (χ1) is 7.57. The summed E-state index contributed by atoms with van der Waals surface area (Å²) in [5.74, 6) is 0.213. The van der Waals surface area contributed by atoms with Crippen molar-refractivity contribution in [3.05, 3.63) is 12.2 Å². The van der Waals surface area contributed by atoms with Gasteiger partial charge in [-0.2, -0.15) is 0 Å². The molecule has 94 valence electrons. The lowest BCUT2D eigenvalue weighted by Crippen LogP contribution is -2.38. The minimum absolute atomic E-state index is 0.145. The molecule has 16 heavy (non-hydrogen) atoms. The third-order valence-corrected chi connectivity index (χ3v) is 3.90. The molecule has 2 nitrogen and oxygen atoms in total. The lowest BCUT2D eigenvalue weighted by molar-refractivity contribution is -0.0125. The molecule has 1 saturated carbocycles. The zero-order valence-electron chi connectivity index (χ0n) is 10.7. The van der Waals surface area contributed by atoms with E-state index in [0.717, 1.165) is 18.4 Å². The van der Waals surface area contributed by atoms with Gasteiger partial charge >= 0.3 is 0 Å². The second-order valence-electron chi connectivity index (χ2n) is 5.24. The van der Waals surface area contributed by atoms with Crippen molar-refractivity contribution in [2.24, 2.45) is 11.8 Å². The molecule has 1 aliphatic carbocycles. The van der Waals surface area contributed by atoms with Gasteiger partial charge in [-0.3, -0.25) is 0 Å². The highest BCUT2D eigenvalue weighted by Crippen LogP contribution is 2.33. The first kappa shape index (κ1) is 13.7. The van der Waals surface area contributed by atoms with Gasteiger partial charge in [-0.1, -0.05) is 38.3 Å². The number of hydrogen-bond donors (Lipinski definition) is 2. The minimum Gasteiger partial charge on any atom is -0.392 e. The van der Waals surface area contributed by atoms with Crippen molar-refractivity contribution in [3.8, 4) is 0 Å². The van der Waals surface area contributed by atoms with Crippen LogP contribution in [0.1, 0.15) is 52.4 Å². The predicted molar refractivity (Wildman–Crippen MR) is 67.2 cm³/mol. The summed E-state index contributed by atoms with van der Waals surface area (Å²) in [5, 5.41) is 20.4. The average Bonchev–Trinajstić information content (AvgIpc) is 2.29. The van der Waals surface area contributed by atoms with Crippen molar-refractivity contribution >= 4 is 0 Å². The maximum absolute atomic E-state index is 10.4. The molecule has 0 aromatic carbocycles. The Morgan fingerprint density at radius 2 is 1.81 bits per heavy atom. The van der Waals surface area contributed by atoms with Crippen LogP contribution in [0.3, 0.4) is 0 Å². The highest BCUT2D eigenvalue weighted by atomic mass is 16.3. The Morgan fingerprint density at radius 1 is 1.25 bits per heavy atom. The maximum atomic E-state index is 10.4. The normalized spacial score (nSPS) is 23.8. The molecule has 0 amide bonds. The van der Waals surface area contributed by atoms with Gasteiger partial charge in [0, 0.05) is 5.92 Å². The Morgan fingerprint density at radius 3 is 2.25 bits per heavy atom. The summed E-state index contributed by atoms with van der Waals surface area (Å²) in [6, 6.07) is 0. The number of hydrogen-bond acceptors (Lipinski definition) is 2. The van der Waals surface area contributed by atoms with Crippen LogP contribution >= 0.6 is 0 Å². The van der Waals surface area contributed by atoms with E-state index in [1.54, 1.807) is 0 Å². The summed E-state index contributed by atoms with van der Waals surface area (Å²) in [6.07, 6.45) is 5.74. The van der Waals surface area contributed by atoms with E-state index in [4.69, 9.17) is 0 Å². The summed E-state index contributed by atoms with van der Waals surface area (Å²) < 4.78 is 0. The molecule has 0 spiro atoms. The van der Waals surface area contributed by atoms with Crippen molar-refractivity contribution < 1.29 is 10.2 Å². The lowest BCUT2D eigenvalue weighted by Gasteiger charge is -2.35. The first-order valence-electron chi connectivity index (χ1n) is 6.59. The fraction of sp³-hybridized carbons (Fsp3) is 0.857. The van der Waals surface area contributed by atoms with Crippen molar-refractivity contribution in [3.63, 3.8) is 0 Å². The first-order valence-corrected chi connectivity index (χ1v) is 6.59. The summed E-state index contributed by atoms with van der Waals surface area (Å²) in [6.45, 7) is 7.79. The maximum Gasteiger partial charge on any atom is 0.0658 e. The topological polar surface area (TPSA) is 40.5 Å². The van der Waals surface area contributed by atoms with Gasteiger partial charge < -0.3 is 10.2 Å². The average molecular weight is 226 g/mol. The molecule has 2 N–H and O–H groups in total. The van der Waals surface area contributed by atoms with Gasteiger partial charge in [-0.15, -0.1) is 0 Å². The Labute approximate surface area is 99.4 Å². The molecule has 0 bridgehead atoms. The molecule has 2 heteroatoms.